The summed E-state index contributed by atoms with van der Waals surface area (Å²) < 4.78 is 9.83. The summed E-state index contributed by atoms with van der Waals surface area (Å²) >= 11 is 7.22. The van der Waals surface area contributed by atoms with E-state index in [-0.39, 0.29) is 24.2 Å². The van der Waals surface area contributed by atoms with Crippen molar-refractivity contribution in [3.63, 3.8) is 0 Å². The second kappa shape index (κ2) is 6.36. The molecule has 0 aliphatic carbocycles. The van der Waals surface area contributed by atoms with Crippen molar-refractivity contribution in [2.24, 2.45) is 0 Å². The van der Waals surface area contributed by atoms with E-state index in [9.17, 15) is 9.59 Å². The zero-order valence-electron chi connectivity index (χ0n) is 11.7. The third-order valence-corrected chi connectivity index (χ3v) is 4.10. The van der Waals surface area contributed by atoms with Crippen molar-refractivity contribution in [2.45, 2.75) is 20.8 Å². The van der Waals surface area contributed by atoms with Gasteiger partial charge in [-0.25, -0.2) is 19.6 Å². The van der Waals surface area contributed by atoms with Crippen molar-refractivity contribution < 1.29 is 19.1 Å². The molecule has 2 heterocycles. The van der Waals surface area contributed by atoms with Gasteiger partial charge in [0.15, 0.2) is 0 Å². The van der Waals surface area contributed by atoms with Crippen molar-refractivity contribution in [2.75, 3.05) is 13.2 Å². The number of aryl methyl sites for hydroxylation is 1. The highest BCUT2D eigenvalue weighted by Gasteiger charge is 2.22. The molecule has 2 rings (SSSR count). The number of esters is 2. The average Bonchev–Trinajstić information content (AvgIpc) is 2.77. The maximum Gasteiger partial charge on any atom is 0.376 e. The lowest BCUT2D eigenvalue weighted by Gasteiger charge is -2.02. The van der Waals surface area contributed by atoms with Gasteiger partial charge in [0, 0.05) is 0 Å². The van der Waals surface area contributed by atoms with E-state index in [1.807, 2.05) is 0 Å². The second-order valence-corrected chi connectivity index (χ2v) is 5.37. The minimum atomic E-state index is -0.648. The quantitative estimate of drug-likeness (QED) is 0.634. The molecule has 8 heteroatoms. The van der Waals surface area contributed by atoms with E-state index >= 15 is 0 Å². The van der Waals surface area contributed by atoms with Crippen LogP contribution in [-0.2, 0) is 9.47 Å². The molecule has 0 aliphatic heterocycles. The van der Waals surface area contributed by atoms with Gasteiger partial charge in [-0.2, -0.15) is 0 Å². The van der Waals surface area contributed by atoms with E-state index in [2.05, 4.69) is 9.97 Å². The first-order valence-electron chi connectivity index (χ1n) is 6.30. The Morgan fingerprint density at radius 3 is 2.38 bits per heavy atom. The molecule has 0 atom stereocenters. The molecule has 21 heavy (non-hydrogen) atoms. The molecule has 0 fully saturated rings. The molecule has 0 aliphatic rings. The third-order valence-electron chi connectivity index (χ3n) is 2.66. The van der Waals surface area contributed by atoms with Gasteiger partial charge >= 0.3 is 11.9 Å². The molecule has 2 aromatic rings. The lowest BCUT2D eigenvalue weighted by Crippen LogP contribution is -2.09. The Morgan fingerprint density at radius 2 is 1.76 bits per heavy atom. The molecule has 6 nitrogen and oxygen atoms in total. The number of hydrogen-bond acceptors (Lipinski definition) is 7. The van der Waals surface area contributed by atoms with Crippen molar-refractivity contribution >= 4 is 45.1 Å². The van der Waals surface area contributed by atoms with Crippen LogP contribution in [0.4, 0.5) is 0 Å². The van der Waals surface area contributed by atoms with Gasteiger partial charge in [0.2, 0.25) is 5.82 Å². The average molecular weight is 329 g/mol. The summed E-state index contributed by atoms with van der Waals surface area (Å²) in [5.74, 6) is -1.21. The van der Waals surface area contributed by atoms with Gasteiger partial charge < -0.3 is 9.47 Å². The highest BCUT2D eigenvalue weighted by atomic mass is 35.5. The number of nitrogens with zero attached hydrogens (tertiary/aromatic N) is 2. The Morgan fingerprint density at radius 1 is 1.14 bits per heavy atom. The molecule has 0 N–H and O–H groups in total. The van der Waals surface area contributed by atoms with E-state index in [1.165, 1.54) is 0 Å². The molecule has 0 bridgehead atoms. The Kier molecular flexibility index (Phi) is 4.74. The van der Waals surface area contributed by atoms with Crippen molar-refractivity contribution in [3.8, 4) is 0 Å². The van der Waals surface area contributed by atoms with E-state index in [0.29, 0.717) is 20.7 Å². The molecule has 0 aromatic carbocycles. The van der Waals surface area contributed by atoms with Crippen molar-refractivity contribution in [1.82, 2.24) is 9.97 Å². The summed E-state index contributed by atoms with van der Waals surface area (Å²) in [4.78, 5) is 32.5. The van der Waals surface area contributed by atoms with Gasteiger partial charge in [-0.15, -0.1) is 11.3 Å². The smallest absolute Gasteiger partial charge is 0.376 e. The van der Waals surface area contributed by atoms with Crippen LogP contribution in [0.25, 0.3) is 10.2 Å². The van der Waals surface area contributed by atoms with E-state index < -0.39 is 11.9 Å². The third kappa shape index (κ3) is 2.98. The fourth-order valence-corrected chi connectivity index (χ4v) is 3.21. The summed E-state index contributed by atoms with van der Waals surface area (Å²) in [6.45, 7) is 5.65. The van der Waals surface area contributed by atoms with E-state index in [4.69, 9.17) is 21.1 Å². The molecule has 2 aromatic heterocycles. The van der Waals surface area contributed by atoms with Crippen molar-refractivity contribution in [1.29, 1.82) is 0 Å². The Labute approximate surface area is 130 Å². The van der Waals surface area contributed by atoms with Gasteiger partial charge in [0.05, 0.1) is 18.6 Å². The van der Waals surface area contributed by atoms with Gasteiger partial charge in [0.1, 0.15) is 14.9 Å². The number of ether oxygens (including phenoxy) is 2. The Balaban J connectivity index is 2.55. The van der Waals surface area contributed by atoms with Crippen LogP contribution >= 0.6 is 22.9 Å². The Bertz CT molecular complexity index is 714. The summed E-state index contributed by atoms with van der Waals surface area (Å²) in [7, 11) is 0. The van der Waals surface area contributed by atoms with Crippen LogP contribution in [0.2, 0.25) is 5.15 Å². The van der Waals surface area contributed by atoms with Crippen LogP contribution in [0.15, 0.2) is 0 Å². The zero-order chi connectivity index (χ0) is 15.6. The van der Waals surface area contributed by atoms with Crippen LogP contribution in [0, 0.1) is 6.92 Å². The first-order chi connectivity index (χ1) is 9.99. The highest BCUT2D eigenvalue weighted by Crippen LogP contribution is 2.34. The predicted molar refractivity (Wildman–Crippen MR) is 79.1 cm³/mol. The Hall–Kier alpha value is -1.73. The summed E-state index contributed by atoms with van der Waals surface area (Å²) in [5, 5.41) is 0.671. The summed E-state index contributed by atoms with van der Waals surface area (Å²) in [5.41, 5.74) is 0.647. The lowest BCUT2D eigenvalue weighted by molar-refractivity contribution is 0.0508. The first-order valence-corrected chi connectivity index (χ1v) is 7.49. The topological polar surface area (TPSA) is 78.4 Å². The number of thiophene rings is 1. The molecule has 0 radical (unpaired) electrons. The van der Waals surface area contributed by atoms with Crippen LogP contribution < -0.4 is 0 Å². The fraction of sp³-hybridized carbons (Fsp3) is 0.385. The molecule has 0 unspecified atom stereocenters. The maximum atomic E-state index is 11.9. The lowest BCUT2D eigenvalue weighted by atomic mass is 10.2. The standard InChI is InChI=1S/C13H13ClN2O4S/c1-4-19-12(17)8-6(3)7-9(14)15-10(13(18)20-5-2)16-11(7)21-8/h4-5H2,1-3H3. The van der Waals surface area contributed by atoms with E-state index in [0.717, 1.165) is 11.3 Å². The van der Waals surface area contributed by atoms with Crippen LogP contribution in [0.1, 0.15) is 39.7 Å². The van der Waals surface area contributed by atoms with Gasteiger partial charge in [-0.05, 0) is 26.3 Å². The number of rotatable bonds is 4. The molecule has 0 saturated carbocycles. The summed E-state index contributed by atoms with van der Waals surface area (Å²) in [6.07, 6.45) is 0. The molecular weight excluding hydrogens is 316 g/mol. The number of carbonyl (C=O) groups is 2. The zero-order valence-corrected chi connectivity index (χ0v) is 13.3. The minimum absolute atomic E-state index is 0.118. The highest BCUT2D eigenvalue weighted by molar-refractivity contribution is 7.20. The largest absolute Gasteiger partial charge is 0.462 e. The van der Waals surface area contributed by atoms with Gasteiger partial charge in [0.25, 0.3) is 0 Å². The van der Waals surface area contributed by atoms with Crippen LogP contribution in [0.3, 0.4) is 0 Å². The van der Waals surface area contributed by atoms with Crippen LogP contribution in [0.5, 0.6) is 0 Å². The van der Waals surface area contributed by atoms with Crippen molar-refractivity contribution in [3.05, 3.63) is 21.4 Å². The minimum Gasteiger partial charge on any atom is -0.462 e. The molecular formula is C13H13ClN2O4S. The predicted octanol–water partition coefficient (Wildman–Crippen LogP) is 3.01. The van der Waals surface area contributed by atoms with Gasteiger partial charge in [-0.3, -0.25) is 0 Å². The second-order valence-electron chi connectivity index (χ2n) is 4.02. The number of carbonyl (C=O) groups excluding carboxylic acids is 2. The van der Waals surface area contributed by atoms with E-state index in [1.54, 1.807) is 20.8 Å². The summed E-state index contributed by atoms with van der Waals surface area (Å²) in [6, 6.07) is 0. The monoisotopic (exact) mass is 328 g/mol. The molecule has 0 spiro atoms. The fourth-order valence-electron chi connectivity index (χ4n) is 1.77. The number of halogens is 1. The van der Waals surface area contributed by atoms with Crippen LogP contribution in [-0.4, -0.2) is 35.1 Å². The SMILES string of the molecule is CCOC(=O)c1nc(Cl)c2c(C)c(C(=O)OCC)sc2n1. The maximum absolute atomic E-state index is 11.9. The normalized spacial score (nSPS) is 10.7. The molecule has 0 saturated heterocycles. The number of aromatic nitrogens is 2. The molecule has 0 amide bonds. The number of fused-ring (bicyclic) bond motifs is 1. The van der Waals surface area contributed by atoms with Gasteiger partial charge in [-0.1, -0.05) is 11.6 Å². The first kappa shape index (κ1) is 15.7. The number of hydrogen-bond donors (Lipinski definition) is 0. The molecule has 112 valence electrons.